The van der Waals surface area contributed by atoms with Crippen LogP contribution in [-0.2, 0) is 0 Å². The van der Waals surface area contributed by atoms with Gasteiger partial charge in [0.1, 0.15) is 23.4 Å². The second-order valence-electron chi connectivity index (χ2n) is 3.13. The van der Waals surface area contributed by atoms with Crippen molar-refractivity contribution >= 4 is 11.6 Å². The van der Waals surface area contributed by atoms with Crippen LogP contribution in [-0.4, -0.2) is 9.97 Å². The quantitative estimate of drug-likeness (QED) is 0.863. The molecular weight excluding hydrogens is 226 g/mol. The van der Waals surface area contributed by atoms with Gasteiger partial charge in [0.2, 0.25) is 5.95 Å². The van der Waals surface area contributed by atoms with Crippen LogP contribution < -0.4 is 5.32 Å². The SMILES string of the molecule is N#Cc1ccnc(Nc2cc(F)ccc2F)n1. The molecule has 0 fully saturated rings. The lowest BCUT2D eigenvalue weighted by Crippen LogP contribution is -2.00. The first kappa shape index (κ1) is 11.0. The van der Waals surface area contributed by atoms with Crippen LogP contribution in [0.5, 0.6) is 0 Å². The van der Waals surface area contributed by atoms with E-state index in [1.165, 1.54) is 12.3 Å². The number of halogens is 2. The average Bonchev–Trinajstić information content (AvgIpc) is 2.34. The fourth-order valence-electron chi connectivity index (χ4n) is 1.19. The first-order valence-electron chi connectivity index (χ1n) is 4.64. The topological polar surface area (TPSA) is 61.6 Å². The van der Waals surface area contributed by atoms with Gasteiger partial charge in [0.25, 0.3) is 0 Å². The zero-order valence-corrected chi connectivity index (χ0v) is 8.48. The summed E-state index contributed by atoms with van der Waals surface area (Å²) < 4.78 is 26.2. The number of nitriles is 1. The minimum absolute atomic E-state index is 0.0357. The van der Waals surface area contributed by atoms with Gasteiger partial charge in [0.05, 0.1) is 5.69 Å². The highest BCUT2D eigenvalue weighted by atomic mass is 19.1. The largest absolute Gasteiger partial charge is 0.322 e. The Morgan fingerprint density at radius 1 is 1.24 bits per heavy atom. The van der Waals surface area contributed by atoms with E-state index in [0.717, 1.165) is 18.2 Å². The normalized spacial score (nSPS) is 9.71. The molecule has 4 nitrogen and oxygen atoms in total. The number of anilines is 2. The summed E-state index contributed by atoms with van der Waals surface area (Å²) in [7, 11) is 0. The second-order valence-corrected chi connectivity index (χ2v) is 3.13. The molecule has 0 bridgehead atoms. The molecule has 2 aromatic rings. The number of aromatic nitrogens is 2. The molecule has 1 aromatic heterocycles. The summed E-state index contributed by atoms with van der Waals surface area (Å²) in [5.41, 5.74) is 0.0550. The molecule has 1 heterocycles. The van der Waals surface area contributed by atoms with Crippen LogP contribution in [0.15, 0.2) is 30.5 Å². The van der Waals surface area contributed by atoms with Crippen molar-refractivity contribution in [2.24, 2.45) is 0 Å². The van der Waals surface area contributed by atoms with E-state index in [1.54, 1.807) is 0 Å². The average molecular weight is 232 g/mol. The van der Waals surface area contributed by atoms with Crippen LogP contribution in [0.4, 0.5) is 20.4 Å². The number of hydrogen-bond donors (Lipinski definition) is 1. The first-order valence-corrected chi connectivity index (χ1v) is 4.64. The van der Waals surface area contributed by atoms with Crippen LogP contribution in [0.3, 0.4) is 0 Å². The van der Waals surface area contributed by atoms with E-state index in [4.69, 9.17) is 5.26 Å². The Kier molecular flexibility index (Phi) is 2.92. The highest BCUT2D eigenvalue weighted by Crippen LogP contribution is 2.18. The maximum atomic E-state index is 13.3. The lowest BCUT2D eigenvalue weighted by Gasteiger charge is -2.05. The van der Waals surface area contributed by atoms with E-state index in [0.29, 0.717) is 0 Å². The smallest absolute Gasteiger partial charge is 0.228 e. The third-order valence-corrected chi connectivity index (χ3v) is 1.95. The summed E-state index contributed by atoms with van der Waals surface area (Å²) in [5, 5.41) is 11.1. The molecule has 1 N–H and O–H groups in total. The van der Waals surface area contributed by atoms with Gasteiger partial charge in [-0.1, -0.05) is 0 Å². The van der Waals surface area contributed by atoms with E-state index in [1.807, 2.05) is 6.07 Å². The molecule has 0 atom stereocenters. The third kappa shape index (κ3) is 2.52. The summed E-state index contributed by atoms with van der Waals surface area (Å²) in [6.07, 6.45) is 1.35. The predicted octanol–water partition coefficient (Wildman–Crippen LogP) is 2.37. The number of benzene rings is 1. The molecule has 0 unspecified atom stereocenters. The summed E-state index contributed by atoms with van der Waals surface area (Å²) >= 11 is 0. The Labute approximate surface area is 95.6 Å². The number of rotatable bonds is 2. The van der Waals surface area contributed by atoms with Crippen molar-refractivity contribution in [2.75, 3.05) is 5.32 Å². The Balaban J connectivity index is 2.31. The molecule has 1 aromatic carbocycles. The molecule has 6 heteroatoms. The van der Waals surface area contributed by atoms with E-state index in [2.05, 4.69) is 15.3 Å². The van der Waals surface area contributed by atoms with Gasteiger partial charge >= 0.3 is 0 Å². The summed E-state index contributed by atoms with van der Waals surface area (Å²) in [6.45, 7) is 0. The monoisotopic (exact) mass is 232 g/mol. The molecule has 0 aliphatic heterocycles. The van der Waals surface area contributed by atoms with Crippen LogP contribution in [0.1, 0.15) is 5.69 Å². The van der Waals surface area contributed by atoms with Crippen molar-refractivity contribution in [1.82, 2.24) is 9.97 Å². The molecule has 0 saturated carbocycles. The lowest BCUT2D eigenvalue weighted by molar-refractivity contribution is 0.603. The number of nitrogens with zero attached hydrogens (tertiary/aromatic N) is 3. The fourth-order valence-corrected chi connectivity index (χ4v) is 1.19. The molecular formula is C11H6F2N4. The van der Waals surface area contributed by atoms with Crippen LogP contribution >= 0.6 is 0 Å². The van der Waals surface area contributed by atoms with Crippen molar-refractivity contribution in [3.8, 4) is 6.07 Å². The van der Waals surface area contributed by atoms with Gasteiger partial charge < -0.3 is 5.32 Å². The number of nitrogens with one attached hydrogen (secondary N) is 1. The fraction of sp³-hybridized carbons (Fsp3) is 0. The Morgan fingerprint density at radius 2 is 2.06 bits per heavy atom. The van der Waals surface area contributed by atoms with Gasteiger partial charge in [-0.15, -0.1) is 0 Å². The Hall–Kier alpha value is -2.55. The van der Waals surface area contributed by atoms with Gasteiger partial charge in [-0.05, 0) is 18.2 Å². The summed E-state index contributed by atoms with van der Waals surface area (Å²) in [6, 6.07) is 6.21. The second kappa shape index (κ2) is 4.53. The maximum absolute atomic E-state index is 13.3. The molecule has 0 aliphatic rings. The Bertz CT molecular complexity index is 592. The predicted molar refractivity (Wildman–Crippen MR) is 56.4 cm³/mol. The van der Waals surface area contributed by atoms with Crippen molar-refractivity contribution in [1.29, 1.82) is 5.26 Å². The van der Waals surface area contributed by atoms with E-state index in [-0.39, 0.29) is 17.3 Å². The summed E-state index contributed by atoms with van der Waals surface area (Å²) in [4.78, 5) is 7.58. The molecule has 84 valence electrons. The number of hydrogen-bond acceptors (Lipinski definition) is 4. The van der Waals surface area contributed by atoms with Gasteiger partial charge in [-0.2, -0.15) is 5.26 Å². The molecule has 17 heavy (non-hydrogen) atoms. The van der Waals surface area contributed by atoms with Gasteiger partial charge in [0.15, 0.2) is 0 Å². The third-order valence-electron chi connectivity index (χ3n) is 1.95. The molecule has 0 saturated heterocycles. The first-order chi connectivity index (χ1) is 8.19. The molecule has 0 spiro atoms. The molecule has 0 amide bonds. The van der Waals surface area contributed by atoms with E-state index < -0.39 is 11.6 Å². The summed E-state index contributed by atoms with van der Waals surface area (Å²) in [5.74, 6) is -1.17. The van der Waals surface area contributed by atoms with Crippen molar-refractivity contribution in [3.63, 3.8) is 0 Å². The van der Waals surface area contributed by atoms with E-state index >= 15 is 0 Å². The van der Waals surface area contributed by atoms with Crippen LogP contribution in [0.2, 0.25) is 0 Å². The van der Waals surface area contributed by atoms with Crippen LogP contribution in [0.25, 0.3) is 0 Å². The lowest BCUT2D eigenvalue weighted by atomic mass is 10.3. The maximum Gasteiger partial charge on any atom is 0.228 e. The minimum atomic E-state index is -0.627. The van der Waals surface area contributed by atoms with Gasteiger partial charge in [-0.3, -0.25) is 0 Å². The highest BCUT2D eigenvalue weighted by Gasteiger charge is 2.06. The van der Waals surface area contributed by atoms with Gasteiger partial charge in [0, 0.05) is 12.3 Å². The highest BCUT2D eigenvalue weighted by molar-refractivity contribution is 5.54. The minimum Gasteiger partial charge on any atom is -0.322 e. The zero-order chi connectivity index (χ0) is 12.3. The molecule has 2 rings (SSSR count). The molecule has 0 aliphatic carbocycles. The van der Waals surface area contributed by atoms with E-state index in [9.17, 15) is 8.78 Å². The van der Waals surface area contributed by atoms with Crippen molar-refractivity contribution in [3.05, 3.63) is 47.8 Å². The standard InChI is InChI=1S/C11H6F2N4/c12-7-1-2-9(13)10(5-7)17-11-15-4-3-8(6-14)16-11/h1-5H,(H,15,16,17). The van der Waals surface area contributed by atoms with Crippen LogP contribution in [0, 0.1) is 23.0 Å². The zero-order valence-electron chi connectivity index (χ0n) is 8.48. The van der Waals surface area contributed by atoms with Crippen molar-refractivity contribution < 1.29 is 8.78 Å². The Morgan fingerprint density at radius 3 is 2.82 bits per heavy atom. The molecule has 0 radical (unpaired) electrons. The van der Waals surface area contributed by atoms with Crippen molar-refractivity contribution in [2.45, 2.75) is 0 Å². The van der Waals surface area contributed by atoms with Gasteiger partial charge in [-0.25, -0.2) is 18.7 Å².